The van der Waals surface area contributed by atoms with E-state index < -0.39 is 0 Å². The number of hydrogen-bond acceptors (Lipinski definition) is 4. The number of methoxy groups -OCH3 is 1. The Balaban J connectivity index is 1.64. The number of ether oxygens (including phenoxy) is 3. The van der Waals surface area contributed by atoms with Crippen LogP contribution in [0, 0.1) is 13.8 Å². The summed E-state index contributed by atoms with van der Waals surface area (Å²) in [6.45, 7) is 4.50. The van der Waals surface area contributed by atoms with Crippen LogP contribution in [0.25, 0.3) is 6.08 Å². The molecule has 0 saturated carbocycles. The van der Waals surface area contributed by atoms with Crippen LogP contribution in [0.5, 0.6) is 17.2 Å². The fourth-order valence-corrected chi connectivity index (χ4v) is 3.59. The molecule has 0 amide bonds. The van der Waals surface area contributed by atoms with E-state index in [4.69, 9.17) is 14.2 Å². The first-order valence-electron chi connectivity index (χ1n) is 9.91. The van der Waals surface area contributed by atoms with E-state index in [2.05, 4.69) is 6.07 Å². The molecule has 0 spiro atoms. The van der Waals surface area contributed by atoms with E-state index in [-0.39, 0.29) is 5.97 Å². The fourth-order valence-electron chi connectivity index (χ4n) is 3.59. The van der Waals surface area contributed by atoms with Crippen LogP contribution < -0.4 is 9.47 Å². The van der Waals surface area contributed by atoms with Crippen molar-refractivity contribution in [2.75, 3.05) is 7.11 Å². The average molecular weight is 400 g/mol. The Hall–Kier alpha value is -3.53. The maximum Gasteiger partial charge on any atom is 0.334 e. The summed E-state index contributed by atoms with van der Waals surface area (Å²) in [5.41, 5.74) is 5.86. The van der Waals surface area contributed by atoms with Crippen molar-refractivity contribution in [3.8, 4) is 17.2 Å². The lowest BCUT2D eigenvalue weighted by atomic mass is 10.0. The molecule has 4 heteroatoms. The summed E-state index contributed by atoms with van der Waals surface area (Å²) >= 11 is 0. The molecule has 1 aliphatic carbocycles. The van der Waals surface area contributed by atoms with E-state index in [1.54, 1.807) is 0 Å². The van der Waals surface area contributed by atoms with Crippen LogP contribution in [0.4, 0.5) is 0 Å². The van der Waals surface area contributed by atoms with E-state index in [9.17, 15) is 4.79 Å². The van der Waals surface area contributed by atoms with Crippen LogP contribution in [0.15, 0.2) is 66.2 Å². The molecule has 0 radical (unpaired) electrons. The number of carbonyl (C=O) groups excluding carboxylic acids is 1. The first kappa shape index (κ1) is 19.8. The highest BCUT2D eigenvalue weighted by Crippen LogP contribution is 2.39. The van der Waals surface area contributed by atoms with Gasteiger partial charge in [-0.1, -0.05) is 42.5 Å². The van der Waals surface area contributed by atoms with Crippen molar-refractivity contribution < 1.29 is 19.0 Å². The molecule has 152 valence electrons. The Morgan fingerprint density at radius 2 is 1.67 bits per heavy atom. The second-order valence-corrected chi connectivity index (χ2v) is 7.50. The minimum atomic E-state index is -0.308. The third kappa shape index (κ3) is 4.23. The minimum absolute atomic E-state index is 0.308. The number of carbonyl (C=O) groups is 1. The van der Waals surface area contributed by atoms with Gasteiger partial charge in [0.1, 0.15) is 12.4 Å². The van der Waals surface area contributed by atoms with Gasteiger partial charge in [-0.15, -0.1) is 0 Å². The van der Waals surface area contributed by atoms with Crippen LogP contribution in [0.3, 0.4) is 0 Å². The first-order valence-corrected chi connectivity index (χ1v) is 9.91. The molecular formula is C26H24O4. The molecule has 1 aliphatic rings. The van der Waals surface area contributed by atoms with E-state index in [0.717, 1.165) is 27.8 Å². The molecule has 0 saturated heterocycles. The van der Waals surface area contributed by atoms with Gasteiger partial charge in [-0.2, -0.15) is 0 Å². The number of benzene rings is 3. The minimum Gasteiger partial charge on any atom is -0.485 e. The van der Waals surface area contributed by atoms with Gasteiger partial charge in [-0.3, -0.25) is 0 Å². The molecule has 4 nitrogen and oxygen atoms in total. The second-order valence-electron chi connectivity index (χ2n) is 7.50. The van der Waals surface area contributed by atoms with Crippen LogP contribution in [0.2, 0.25) is 0 Å². The van der Waals surface area contributed by atoms with Crippen LogP contribution >= 0.6 is 0 Å². The van der Waals surface area contributed by atoms with Gasteiger partial charge in [0, 0.05) is 17.6 Å². The molecule has 4 rings (SSSR count). The summed E-state index contributed by atoms with van der Waals surface area (Å²) in [7, 11) is 1.40. The van der Waals surface area contributed by atoms with Crippen LogP contribution in [0.1, 0.15) is 27.8 Å². The van der Waals surface area contributed by atoms with Gasteiger partial charge in [-0.05, 0) is 60.4 Å². The Bertz CT molecular complexity index is 1110. The lowest BCUT2D eigenvalue weighted by molar-refractivity contribution is -0.136. The first-order chi connectivity index (χ1) is 14.5. The Morgan fingerprint density at radius 3 is 2.43 bits per heavy atom. The van der Waals surface area contributed by atoms with Crippen molar-refractivity contribution in [3.05, 3.63) is 94.1 Å². The number of esters is 1. The molecule has 0 unspecified atom stereocenters. The van der Waals surface area contributed by atoms with E-state index in [1.165, 1.54) is 7.11 Å². The Labute approximate surface area is 176 Å². The predicted molar refractivity (Wildman–Crippen MR) is 117 cm³/mol. The largest absolute Gasteiger partial charge is 0.485 e. The van der Waals surface area contributed by atoms with Crippen molar-refractivity contribution in [3.63, 3.8) is 0 Å². The standard InChI is InChI=1S/C26H24O4/c1-17-9-10-23(25(12-17)29-16-19-7-5-4-6-8-19)30-24-13-18(2)11-20-14-21(15-22(20)24)26(27)28-3/h4-13,15H,14,16H2,1-3H3. The van der Waals surface area contributed by atoms with Crippen LogP contribution in [-0.2, 0) is 22.6 Å². The summed E-state index contributed by atoms with van der Waals surface area (Å²) in [4.78, 5) is 12.0. The van der Waals surface area contributed by atoms with Gasteiger partial charge in [0.15, 0.2) is 11.5 Å². The predicted octanol–water partition coefficient (Wildman–Crippen LogP) is 5.79. The summed E-state index contributed by atoms with van der Waals surface area (Å²) in [6.07, 6.45) is 2.40. The molecule has 0 aliphatic heterocycles. The van der Waals surface area contributed by atoms with Gasteiger partial charge in [0.05, 0.1) is 7.11 Å². The van der Waals surface area contributed by atoms with Crippen molar-refractivity contribution in [1.29, 1.82) is 0 Å². The van der Waals surface area contributed by atoms with Crippen LogP contribution in [-0.4, -0.2) is 13.1 Å². The molecule has 0 N–H and O–H groups in total. The summed E-state index contributed by atoms with van der Waals surface area (Å²) in [5.74, 6) is 1.72. The lowest BCUT2D eigenvalue weighted by Gasteiger charge is -2.16. The molecule has 3 aromatic carbocycles. The van der Waals surface area contributed by atoms with Gasteiger partial charge >= 0.3 is 5.97 Å². The molecule has 0 aromatic heterocycles. The Kier molecular flexibility index (Phi) is 5.57. The normalized spacial score (nSPS) is 12.2. The SMILES string of the molecule is COC(=O)C1=Cc2c(cc(C)cc2Oc2ccc(C)cc2OCc2ccccc2)C1. The molecule has 0 atom stereocenters. The van der Waals surface area contributed by atoms with Crippen molar-refractivity contribution in [2.24, 2.45) is 0 Å². The van der Waals surface area contributed by atoms with Gasteiger partial charge < -0.3 is 14.2 Å². The second kappa shape index (κ2) is 8.46. The highest BCUT2D eigenvalue weighted by molar-refractivity contribution is 5.97. The van der Waals surface area contributed by atoms with E-state index in [1.807, 2.05) is 74.5 Å². The van der Waals surface area contributed by atoms with Crippen molar-refractivity contribution in [2.45, 2.75) is 26.9 Å². The summed E-state index contributed by atoms with van der Waals surface area (Å²) < 4.78 is 17.3. The molecule has 0 heterocycles. The maximum atomic E-state index is 12.0. The average Bonchev–Trinajstić information content (AvgIpc) is 3.18. The maximum absolute atomic E-state index is 12.0. The van der Waals surface area contributed by atoms with Crippen molar-refractivity contribution >= 4 is 12.0 Å². The quantitative estimate of drug-likeness (QED) is 0.492. The summed E-state index contributed by atoms with van der Waals surface area (Å²) in [6, 6.07) is 20.0. The molecule has 0 fully saturated rings. The molecular weight excluding hydrogens is 376 g/mol. The molecule has 30 heavy (non-hydrogen) atoms. The Morgan fingerprint density at radius 1 is 0.900 bits per heavy atom. The zero-order chi connectivity index (χ0) is 21.1. The fraction of sp³-hybridized carbons (Fsp3) is 0.192. The number of fused-ring (bicyclic) bond motifs is 1. The number of aryl methyl sites for hydroxylation is 2. The summed E-state index contributed by atoms with van der Waals surface area (Å²) in [5, 5.41) is 0. The number of rotatable bonds is 6. The lowest BCUT2D eigenvalue weighted by Crippen LogP contribution is -2.03. The van der Waals surface area contributed by atoms with Gasteiger partial charge in [0.2, 0.25) is 0 Å². The monoisotopic (exact) mass is 400 g/mol. The zero-order valence-electron chi connectivity index (χ0n) is 17.4. The van der Waals surface area contributed by atoms with E-state index >= 15 is 0 Å². The topological polar surface area (TPSA) is 44.8 Å². The van der Waals surface area contributed by atoms with Gasteiger partial charge in [-0.25, -0.2) is 4.79 Å². The highest BCUT2D eigenvalue weighted by Gasteiger charge is 2.23. The molecule has 3 aromatic rings. The van der Waals surface area contributed by atoms with Crippen molar-refractivity contribution in [1.82, 2.24) is 0 Å². The third-order valence-corrected chi connectivity index (χ3v) is 5.08. The molecule has 0 bridgehead atoms. The smallest absolute Gasteiger partial charge is 0.334 e. The van der Waals surface area contributed by atoms with E-state index in [0.29, 0.717) is 35.8 Å². The highest BCUT2D eigenvalue weighted by atomic mass is 16.5. The van der Waals surface area contributed by atoms with Gasteiger partial charge in [0.25, 0.3) is 0 Å². The number of hydrogen-bond donors (Lipinski definition) is 0. The third-order valence-electron chi connectivity index (χ3n) is 5.08. The zero-order valence-corrected chi connectivity index (χ0v) is 17.4.